The number of halogens is 1. The van der Waals surface area contributed by atoms with Crippen LogP contribution < -0.4 is 10.1 Å². The molecule has 2 unspecified atom stereocenters. The van der Waals surface area contributed by atoms with Gasteiger partial charge in [-0.1, -0.05) is 29.8 Å². The van der Waals surface area contributed by atoms with Crippen molar-refractivity contribution in [3.63, 3.8) is 0 Å². The molecule has 2 N–H and O–H groups in total. The Labute approximate surface area is 156 Å². The maximum absolute atomic E-state index is 12.6. The Morgan fingerprint density at radius 2 is 2.04 bits per heavy atom. The minimum Gasteiger partial charge on any atom is -0.438 e. The molecule has 0 radical (unpaired) electrons. The van der Waals surface area contributed by atoms with Gasteiger partial charge in [-0.05, 0) is 55.2 Å². The van der Waals surface area contributed by atoms with Crippen molar-refractivity contribution in [3.8, 4) is 11.6 Å². The molecule has 0 saturated heterocycles. The highest BCUT2D eigenvalue weighted by molar-refractivity contribution is 9.10. The summed E-state index contributed by atoms with van der Waals surface area (Å²) < 4.78 is 6.72. The van der Waals surface area contributed by atoms with E-state index in [9.17, 15) is 9.90 Å². The highest BCUT2D eigenvalue weighted by Crippen LogP contribution is 2.24. The van der Waals surface area contributed by atoms with Gasteiger partial charge in [-0.15, -0.1) is 0 Å². The zero-order valence-electron chi connectivity index (χ0n) is 14.4. The lowest BCUT2D eigenvalue weighted by Crippen LogP contribution is -2.36. The number of ether oxygens (including phenoxy) is 1. The molecule has 6 heteroatoms. The molecule has 1 amide bonds. The van der Waals surface area contributed by atoms with E-state index in [0.29, 0.717) is 11.3 Å². The summed E-state index contributed by atoms with van der Waals surface area (Å²) in [7, 11) is 0. The van der Waals surface area contributed by atoms with Crippen LogP contribution in [-0.2, 0) is 0 Å². The fourth-order valence-corrected chi connectivity index (χ4v) is 2.67. The molecule has 0 aliphatic rings. The first-order chi connectivity index (χ1) is 12.0. The number of rotatable bonds is 8. The normalized spacial score (nSPS) is 13.1. The van der Waals surface area contributed by atoms with Crippen LogP contribution in [0, 0.1) is 5.92 Å². The van der Waals surface area contributed by atoms with Crippen molar-refractivity contribution in [1.82, 2.24) is 10.3 Å². The first-order valence-electron chi connectivity index (χ1n) is 8.33. The predicted molar refractivity (Wildman–Crippen MR) is 101 cm³/mol. The third-order valence-electron chi connectivity index (χ3n) is 3.87. The zero-order chi connectivity index (χ0) is 18.2. The van der Waals surface area contributed by atoms with E-state index in [2.05, 4.69) is 26.2 Å². The number of aliphatic hydroxyl groups excluding tert-OH is 1. The highest BCUT2D eigenvalue weighted by Gasteiger charge is 2.19. The van der Waals surface area contributed by atoms with Crippen LogP contribution >= 0.6 is 15.9 Å². The fourth-order valence-electron chi connectivity index (χ4n) is 2.41. The molecule has 0 bridgehead atoms. The summed E-state index contributed by atoms with van der Waals surface area (Å²) in [5.41, 5.74) is 0.389. The van der Waals surface area contributed by atoms with Gasteiger partial charge in [-0.25, -0.2) is 4.98 Å². The van der Waals surface area contributed by atoms with Crippen LogP contribution in [0.1, 0.15) is 37.0 Å². The number of nitrogens with one attached hydrogen (secondary N) is 1. The Balaban J connectivity index is 2.12. The minimum absolute atomic E-state index is 0.00427. The number of hydrogen-bond acceptors (Lipinski definition) is 4. The molecule has 25 heavy (non-hydrogen) atoms. The number of carbonyl (C=O) groups is 1. The second-order valence-corrected chi connectivity index (χ2v) is 6.93. The van der Waals surface area contributed by atoms with Crippen LogP contribution in [-0.4, -0.2) is 28.6 Å². The Morgan fingerprint density at radius 3 is 2.68 bits per heavy atom. The van der Waals surface area contributed by atoms with E-state index in [-0.39, 0.29) is 30.4 Å². The standard InChI is InChI=1S/C19H23BrN2O3/c1-3-15(11-13(2)12-23)22-18(24)17-5-4-10-21-19(17)25-16-8-6-14(20)7-9-16/h4-10,13,15,23H,3,11-12H2,1-2H3,(H,22,24). The van der Waals surface area contributed by atoms with Crippen molar-refractivity contribution in [2.75, 3.05) is 6.61 Å². The van der Waals surface area contributed by atoms with Crippen LogP contribution in [0.25, 0.3) is 0 Å². The van der Waals surface area contributed by atoms with Crippen molar-refractivity contribution in [1.29, 1.82) is 0 Å². The number of aromatic nitrogens is 1. The second-order valence-electron chi connectivity index (χ2n) is 6.01. The molecule has 5 nitrogen and oxygen atoms in total. The predicted octanol–water partition coefficient (Wildman–Crippen LogP) is 4.16. The third kappa shape index (κ3) is 5.83. The molecule has 1 aromatic carbocycles. The van der Waals surface area contributed by atoms with E-state index in [0.717, 1.165) is 17.3 Å². The highest BCUT2D eigenvalue weighted by atomic mass is 79.9. The number of aliphatic hydroxyl groups is 1. The zero-order valence-corrected chi connectivity index (χ0v) is 16.0. The molecule has 0 spiro atoms. The molecule has 0 aliphatic heterocycles. The summed E-state index contributed by atoms with van der Waals surface area (Å²) in [4.78, 5) is 16.8. The largest absolute Gasteiger partial charge is 0.438 e. The van der Waals surface area contributed by atoms with Crippen LogP contribution in [0.3, 0.4) is 0 Å². The van der Waals surface area contributed by atoms with E-state index < -0.39 is 0 Å². The Bertz CT molecular complexity index is 691. The van der Waals surface area contributed by atoms with Crippen molar-refractivity contribution in [3.05, 3.63) is 52.6 Å². The summed E-state index contributed by atoms with van der Waals surface area (Å²) in [6.07, 6.45) is 3.11. The summed E-state index contributed by atoms with van der Waals surface area (Å²) in [6, 6.07) is 10.7. The Hall–Kier alpha value is -1.92. The van der Waals surface area contributed by atoms with Gasteiger partial charge >= 0.3 is 0 Å². The Morgan fingerprint density at radius 1 is 1.32 bits per heavy atom. The van der Waals surface area contributed by atoms with E-state index in [1.165, 1.54) is 0 Å². The molecular formula is C19H23BrN2O3. The lowest BCUT2D eigenvalue weighted by Gasteiger charge is -2.20. The van der Waals surface area contributed by atoms with Gasteiger partial charge in [0.1, 0.15) is 11.3 Å². The van der Waals surface area contributed by atoms with Crippen LogP contribution in [0.5, 0.6) is 11.6 Å². The number of carbonyl (C=O) groups excluding carboxylic acids is 1. The Kier molecular flexibility index (Phi) is 7.40. The fraction of sp³-hybridized carbons (Fsp3) is 0.368. The minimum atomic E-state index is -0.225. The molecule has 0 saturated carbocycles. The third-order valence-corrected chi connectivity index (χ3v) is 4.40. The van der Waals surface area contributed by atoms with Crippen LogP contribution in [0.15, 0.2) is 47.1 Å². The van der Waals surface area contributed by atoms with Gasteiger partial charge in [-0.2, -0.15) is 0 Å². The number of hydrogen-bond donors (Lipinski definition) is 2. The van der Waals surface area contributed by atoms with E-state index in [1.807, 2.05) is 26.0 Å². The van der Waals surface area contributed by atoms with Crippen molar-refractivity contribution < 1.29 is 14.6 Å². The molecule has 0 aliphatic carbocycles. The van der Waals surface area contributed by atoms with Crippen LogP contribution in [0.4, 0.5) is 0 Å². The maximum atomic E-state index is 12.6. The number of amides is 1. The smallest absolute Gasteiger partial charge is 0.257 e. The molecule has 2 rings (SSSR count). The molecule has 134 valence electrons. The van der Waals surface area contributed by atoms with Crippen molar-refractivity contribution >= 4 is 21.8 Å². The van der Waals surface area contributed by atoms with E-state index >= 15 is 0 Å². The van der Waals surface area contributed by atoms with Gasteiger partial charge in [-0.3, -0.25) is 4.79 Å². The quantitative estimate of drug-likeness (QED) is 0.689. The van der Waals surface area contributed by atoms with Crippen LogP contribution in [0.2, 0.25) is 0 Å². The first kappa shape index (κ1) is 19.4. The van der Waals surface area contributed by atoms with Gasteiger partial charge in [0.15, 0.2) is 0 Å². The van der Waals surface area contributed by atoms with Crippen molar-refractivity contribution in [2.24, 2.45) is 5.92 Å². The average molecular weight is 407 g/mol. The van der Waals surface area contributed by atoms with Gasteiger partial charge in [0.25, 0.3) is 5.91 Å². The summed E-state index contributed by atoms with van der Waals surface area (Å²) in [6.45, 7) is 4.08. The number of nitrogens with zero attached hydrogens (tertiary/aromatic N) is 1. The topological polar surface area (TPSA) is 71.5 Å². The average Bonchev–Trinajstić information content (AvgIpc) is 2.63. The van der Waals surface area contributed by atoms with E-state index in [4.69, 9.17) is 4.74 Å². The van der Waals surface area contributed by atoms with E-state index in [1.54, 1.807) is 30.5 Å². The second kappa shape index (κ2) is 9.53. The SMILES string of the molecule is CCC(CC(C)CO)NC(=O)c1cccnc1Oc1ccc(Br)cc1. The summed E-state index contributed by atoms with van der Waals surface area (Å²) in [5, 5.41) is 12.2. The van der Waals surface area contributed by atoms with Gasteiger partial charge < -0.3 is 15.2 Å². The molecule has 2 aromatic rings. The summed E-state index contributed by atoms with van der Waals surface area (Å²) in [5.74, 6) is 0.791. The number of benzene rings is 1. The maximum Gasteiger partial charge on any atom is 0.257 e. The molecule has 1 aromatic heterocycles. The monoisotopic (exact) mass is 406 g/mol. The van der Waals surface area contributed by atoms with Gasteiger partial charge in [0.2, 0.25) is 5.88 Å². The lowest BCUT2D eigenvalue weighted by atomic mass is 10.0. The molecular weight excluding hydrogens is 384 g/mol. The van der Waals surface area contributed by atoms with Gasteiger partial charge in [0, 0.05) is 23.3 Å². The van der Waals surface area contributed by atoms with Gasteiger partial charge in [0.05, 0.1) is 0 Å². The van der Waals surface area contributed by atoms with Crippen molar-refractivity contribution in [2.45, 2.75) is 32.7 Å². The summed E-state index contributed by atoms with van der Waals surface area (Å²) >= 11 is 3.38. The molecule has 1 heterocycles. The molecule has 0 fully saturated rings. The first-order valence-corrected chi connectivity index (χ1v) is 9.13. The lowest BCUT2D eigenvalue weighted by molar-refractivity contribution is 0.0922. The number of pyridine rings is 1. The molecule has 2 atom stereocenters.